The van der Waals surface area contributed by atoms with Gasteiger partial charge in [-0.3, -0.25) is 19.2 Å². The van der Waals surface area contributed by atoms with Crippen LogP contribution in [-0.2, 0) is 20.8 Å². The van der Waals surface area contributed by atoms with Crippen LogP contribution in [0.15, 0.2) is 28.9 Å². The van der Waals surface area contributed by atoms with Gasteiger partial charge in [0, 0.05) is 13.0 Å². The molecule has 0 aliphatic carbocycles. The quantitative estimate of drug-likeness (QED) is 0.322. The third-order valence-corrected chi connectivity index (χ3v) is 7.07. The number of aliphatic hydroxyl groups is 1. The van der Waals surface area contributed by atoms with Crippen molar-refractivity contribution in [3.8, 4) is 11.5 Å². The number of nitrogens with zero attached hydrogens (tertiary/aromatic N) is 1. The lowest BCUT2D eigenvalue weighted by Gasteiger charge is -2.27. The number of benzene rings is 1. The van der Waals surface area contributed by atoms with Crippen molar-refractivity contribution in [3.63, 3.8) is 0 Å². The van der Waals surface area contributed by atoms with E-state index in [1.807, 2.05) is 26.0 Å². The van der Waals surface area contributed by atoms with Crippen LogP contribution in [0.25, 0.3) is 0 Å². The number of ether oxygens (including phenoxy) is 2. The van der Waals surface area contributed by atoms with Crippen molar-refractivity contribution in [2.24, 2.45) is 5.92 Å². The molecule has 5 N–H and O–H groups in total. The monoisotopic (exact) mass is 585 g/mol. The molecule has 2 bridgehead atoms. The van der Waals surface area contributed by atoms with Gasteiger partial charge in [0.15, 0.2) is 17.2 Å². The van der Waals surface area contributed by atoms with Crippen LogP contribution in [0.1, 0.15) is 80.9 Å². The summed E-state index contributed by atoms with van der Waals surface area (Å²) in [5.41, 5.74) is 0.972. The van der Waals surface area contributed by atoms with Crippen LogP contribution >= 0.6 is 0 Å². The molecule has 1 aromatic carbocycles. The summed E-state index contributed by atoms with van der Waals surface area (Å²) < 4.78 is 16.2. The van der Waals surface area contributed by atoms with Gasteiger partial charge < -0.3 is 40.3 Å². The molecule has 13 heteroatoms. The van der Waals surface area contributed by atoms with Gasteiger partial charge in [0.05, 0.1) is 6.10 Å². The van der Waals surface area contributed by atoms with Gasteiger partial charge in [0.25, 0.3) is 5.91 Å². The zero-order valence-electron chi connectivity index (χ0n) is 24.1. The molecule has 2 aliphatic rings. The number of fused-ring (bicyclic) bond motifs is 3. The molecule has 4 amide bonds. The van der Waals surface area contributed by atoms with Crippen molar-refractivity contribution in [2.45, 2.75) is 83.5 Å². The highest BCUT2D eigenvalue weighted by atomic mass is 16.7. The number of amides is 4. The Morgan fingerprint density at radius 1 is 1.10 bits per heavy atom. The van der Waals surface area contributed by atoms with Crippen LogP contribution < -0.4 is 30.7 Å². The second kappa shape index (κ2) is 14.2. The van der Waals surface area contributed by atoms with Crippen LogP contribution in [-0.4, -0.2) is 65.2 Å². The number of carbonyl (C=O) groups excluding carboxylic acids is 4. The standard InChI is InChI=1S/C29H39N5O8/c1-16(2)12-20-29-33-21(14-40-29)26(37)30-11-5-4-6-19(27(38)34-25(17(3)35)28(39)32-20)31-24(36)10-8-18-7-9-22-23(13-18)42-15-41-22/h7,9,13-14,16-17,19-20,25,35H,4-6,8,10-12,15H2,1-3H3,(H,30,37)(H,31,36)(H,32,39)(H,34,38)/t17-,19+,20+,25+/m1/s1. The third kappa shape index (κ3) is 8.21. The van der Waals surface area contributed by atoms with Gasteiger partial charge in [-0.05, 0) is 62.6 Å². The summed E-state index contributed by atoms with van der Waals surface area (Å²) in [6.45, 7) is 5.79. The number of nitrogens with one attached hydrogen (secondary N) is 4. The average Bonchev–Trinajstić information content (AvgIpc) is 3.62. The molecule has 4 atom stereocenters. The second-order valence-electron chi connectivity index (χ2n) is 11.0. The minimum Gasteiger partial charge on any atom is -0.454 e. The van der Waals surface area contributed by atoms with Gasteiger partial charge in [-0.1, -0.05) is 19.9 Å². The molecular weight excluding hydrogens is 546 g/mol. The lowest BCUT2D eigenvalue weighted by molar-refractivity contribution is -0.134. The maximum Gasteiger partial charge on any atom is 0.273 e. The molecule has 0 radical (unpaired) electrons. The number of hydrogen-bond donors (Lipinski definition) is 5. The van der Waals surface area contributed by atoms with Crippen molar-refractivity contribution in [2.75, 3.05) is 13.3 Å². The summed E-state index contributed by atoms with van der Waals surface area (Å²) in [5.74, 6) is -0.448. The Morgan fingerprint density at radius 2 is 1.88 bits per heavy atom. The first-order valence-corrected chi connectivity index (χ1v) is 14.3. The number of aromatic nitrogens is 1. The zero-order valence-corrected chi connectivity index (χ0v) is 24.1. The molecule has 2 aliphatic heterocycles. The van der Waals surface area contributed by atoms with E-state index in [0.717, 1.165) is 5.56 Å². The molecule has 42 heavy (non-hydrogen) atoms. The van der Waals surface area contributed by atoms with Gasteiger partial charge in [-0.15, -0.1) is 0 Å². The van der Waals surface area contributed by atoms with Crippen LogP contribution in [0.3, 0.4) is 0 Å². The van der Waals surface area contributed by atoms with Crippen LogP contribution in [0.5, 0.6) is 11.5 Å². The minimum atomic E-state index is -1.30. The number of rotatable bonds is 7. The molecule has 0 saturated heterocycles. The maximum atomic E-state index is 13.4. The van der Waals surface area contributed by atoms with Crippen molar-refractivity contribution in [1.29, 1.82) is 0 Å². The Kier molecular flexibility index (Phi) is 10.4. The molecule has 0 unspecified atom stereocenters. The maximum absolute atomic E-state index is 13.4. The SMILES string of the molecule is CC(C)C[C@@H]1NC(=O)[C@H]([C@@H](C)O)NC(=O)[C@@H](NC(=O)CCc2ccc3c(c2)OCO3)CCCCNC(=O)c2coc1n2. The largest absolute Gasteiger partial charge is 0.454 e. The molecule has 0 saturated carbocycles. The van der Waals surface area contributed by atoms with Gasteiger partial charge in [0.1, 0.15) is 24.4 Å². The van der Waals surface area contributed by atoms with E-state index in [2.05, 4.69) is 26.3 Å². The second-order valence-corrected chi connectivity index (χ2v) is 11.0. The van der Waals surface area contributed by atoms with Gasteiger partial charge in [-0.25, -0.2) is 4.98 Å². The predicted molar refractivity (Wildman–Crippen MR) is 149 cm³/mol. The number of carbonyl (C=O) groups is 4. The molecule has 13 nitrogen and oxygen atoms in total. The van der Waals surface area contributed by atoms with E-state index in [-0.39, 0.29) is 43.0 Å². The molecule has 3 heterocycles. The predicted octanol–water partition coefficient (Wildman–Crippen LogP) is 1.50. The fourth-order valence-electron chi connectivity index (χ4n) is 4.82. The molecule has 1 aromatic heterocycles. The topological polar surface area (TPSA) is 181 Å². The summed E-state index contributed by atoms with van der Waals surface area (Å²) >= 11 is 0. The average molecular weight is 586 g/mol. The minimum absolute atomic E-state index is 0.0908. The Bertz CT molecular complexity index is 1280. The van der Waals surface area contributed by atoms with E-state index in [1.165, 1.54) is 13.2 Å². The van der Waals surface area contributed by atoms with Crippen molar-refractivity contribution >= 4 is 23.6 Å². The lowest BCUT2D eigenvalue weighted by Crippen LogP contribution is -2.57. The Balaban J connectivity index is 1.47. The molecular formula is C29H39N5O8. The number of aliphatic hydroxyl groups excluding tert-OH is 1. The van der Waals surface area contributed by atoms with Crippen molar-refractivity contribution in [1.82, 2.24) is 26.3 Å². The molecule has 0 fully saturated rings. The Morgan fingerprint density at radius 3 is 2.64 bits per heavy atom. The van der Waals surface area contributed by atoms with E-state index in [4.69, 9.17) is 13.9 Å². The zero-order chi connectivity index (χ0) is 30.2. The number of oxazole rings is 1. The summed E-state index contributed by atoms with van der Waals surface area (Å²) in [6.07, 6.45) is 2.27. The first-order valence-electron chi connectivity index (χ1n) is 14.3. The van der Waals surface area contributed by atoms with Crippen molar-refractivity contribution < 1.29 is 38.2 Å². The highest BCUT2D eigenvalue weighted by Crippen LogP contribution is 2.32. The summed E-state index contributed by atoms with van der Waals surface area (Å²) in [4.78, 5) is 56.4. The Hall–Kier alpha value is -4.13. The number of aryl methyl sites for hydroxylation is 1. The third-order valence-electron chi connectivity index (χ3n) is 7.07. The highest BCUT2D eigenvalue weighted by molar-refractivity contribution is 5.93. The number of hydrogen-bond acceptors (Lipinski definition) is 9. The highest BCUT2D eigenvalue weighted by Gasteiger charge is 2.32. The normalized spacial score (nSPS) is 22.2. The Labute approximate surface area is 244 Å². The van der Waals surface area contributed by atoms with Crippen LogP contribution in [0.4, 0.5) is 0 Å². The molecule has 228 valence electrons. The fourth-order valence-corrected chi connectivity index (χ4v) is 4.82. The van der Waals surface area contributed by atoms with E-state index >= 15 is 0 Å². The molecule has 0 spiro atoms. The summed E-state index contributed by atoms with van der Waals surface area (Å²) in [6, 6.07) is 2.51. The van der Waals surface area contributed by atoms with E-state index < -0.39 is 42.0 Å². The first-order chi connectivity index (χ1) is 20.1. The van der Waals surface area contributed by atoms with E-state index in [1.54, 1.807) is 6.07 Å². The van der Waals surface area contributed by atoms with Crippen LogP contribution in [0, 0.1) is 5.92 Å². The van der Waals surface area contributed by atoms with Gasteiger partial charge in [-0.2, -0.15) is 0 Å². The van der Waals surface area contributed by atoms with E-state index in [9.17, 15) is 24.3 Å². The van der Waals surface area contributed by atoms with Gasteiger partial charge in [0.2, 0.25) is 30.4 Å². The van der Waals surface area contributed by atoms with E-state index in [0.29, 0.717) is 43.7 Å². The lowest BCUT2D eigenvalue weighted by atomic mass is 10.0. The smallest absolute Gasteiger partial charge is 0.273 e. The van der Waals surface area contributed by atoms with Gasteiger partial charge >= 0.3 is 0 Å². The van der Waals surface area contributed by atoms with Crippen LogP contribution in [0.2, 0.25) is 0 Å². The van der Waals surface area contributed by atoms with Crippen molar-refractivity contribution in [3.05, 3.63) is 41.6 Å². The first kappa shape index (κ1) is 30.8. The summed E-state index contributed by atoms with van der Waals surface area (Å²) in [5, 5.41) is 21.4. The molecule has 4 rings (SSSR count). The molecule has 2 aromatic rings. The fraction of sp³-hybridized carbons (Fsp3) is 0.552. The summed E-state index contributed by atoms with van der Waals surface area (Å²) in [7, 11) is 0.